The van der Waals surface area contributed by atoms with E-state index in [4.69, 9.17) is 4.74 Å². The maximum atomic E-state index is 11.5. The molecule has 1 aromatic heterocycles. The molecule has 1 aromatic rings. The van der Waals surface area contributed by atoms with Crippen LogP contribution in [0.3, 0.4) is 0 Å². The highest BCUT2D eigenvalue weighted by Gasteiger charge is 2.19. The minimum absolute atomic E-state index is 0.0546. The van der Waals surface area contributed by atoms with E-state index in [-0.39, 0.29) is 5.91 Å². The summed E-state index contributed by atoms with van der Waals surface area (Å²) in [6, 6.07) is 3.60. The van der Waals surface area contributed by atoms with Gasteiger partial charge in [0, 0.05) is 13.1 Å². The van der Waals surface area contributed by atoms with Gasteiger partial charge in [-0.2, -0.15) is 0 Å². The molecule has 0 unspecified atom stereocenters. The summed E-state index contributed by atoms with van der Waals surface area (Å²) in [6.45, 7) is 1.85. The molecule has 0 bridgehead atoms. The van der Waals surface area contributed by atoms with Crippen molar-refractivity contribution in [2.24, 2.45) is 0 Å². The largest absolute Gasteiger partial charge is 0.495 e. The first-order valence-electron chi connectivity index (χ1n) is 4.82. The van der Waals surface area contributed by atoms with Crippen molar-refractivity contribution in [3.05, 3.63) is 18.3 Å². The number of aromatic nitrogens is 1. The molecule has 2 heterocycles. The van der Waals surface area contributed by atoms with Crippen LogP contribution in [0.4, 0.5) is 5.82 Å². The molecular weight excluding hydrogens is 194 g/mol. The number of nitrogens with one attached hydrogen (secondary N) is 1. The van der Waals surface area contributed by atoms with Crippen molar-refractivity contribution >= 4 is 11.7 Å². The zero-order valence-electron chi connectivity index (χ0n) is 8.56. The molecule has 80 valence electrons. The lowest BCUT2D eigenvalue weighted by atomic mass is 10.3. The van der Waals surface area contributed by atoms with Crippen LogP contribution in [0.25, 0.3) is 0 Å². The van der Waals surface area contributed by atoms with E-state index in [0.29, 0.717) is 24.7 Å². The first-order chi connectivity index (χ1) is 7.31. The number of hydrogen-bond donors (Lipinski definition) is 1. The van der Waals surface area contributed by atoms with Gasteiger partial charge in [0.15, 0.2) is 0 Å². The number of ether oxygens (including phenoxy) is 1. The number of anilines is 1. The minimum Gasteiger partial charge on any atom is -0.495 e. The highest BCUT2D eigenvalue weighted by atomic mass is 16.5. The summed E-state index contributed by atoms with van der Waals surface area (Å²) in [7, 11) is 1.59. The maximum absolute atomic E-state index is 11.5. The lowest BCUT2D eigenvalue weighted by Crippen LogP contribution is -2.48. The number of nitrogens with zero attached hydrogens (tertiary/aromatic N) is 2. The van der Waals surface area contributed by atoms with E-state index < -0.39 is 0 Å². The number of carbonyl (C=O) groups is 1. The Bertz CT molecular complexity index is 350. The Kier molecular flexibility index (Phi) is 2.82. The second-order valence-corrected chi connectivity index (χ2v) is 3.28. The highest BCUT2D eigenvalue weighted by molar-refractivity contribution is 5.94. The maximum Gasteiger partial charge on any atom is 0.242 e. The van der Waals surface area contributed by atoms with Gasteiger partial charge in [-0.3, -0.25) is 9.69 Å². The zero-order chi connectivity index (χ0) is 10.7. The average molecular weight is 207 g/mol. The lowest BCUT2D eigenvalue weighted by molar-refractivity contribution is -0.118. The van der Waals surface area contributed by atoms with Gasteiger partial charge in [-0.05, 0) is 12.1 Å². The van der Waals surface area contributed by atoms with Crippen molar-refractivity contribution in [1.29, 1.82) is 0 Å². The summed E-state index contributed by atoms with van der Waals surface area (Å²) < 4.78 is 5.01. The van der Waals surface area contributed by atoms with Crippen molar-refractivity contribution < 1.29 is 9.53 Å². The normalized spacial score (nSPS) is 16.6. The van der Waals surface area contributed by atoms with Gasteiger partial charge in [0.2, 0.25) is 5.91 Å². The zero-order valence-corrected chi connectivity index (χ0v) is 8.56. The first kappa shape index (κ1) is 9.92. The number of amides is 1. The number of hydrogen-bond acceptors (Lipinski definition) is 4. The highest BCUT2D eigenvalue weighted by Crippen LogP contribution is 2.15. The predicted octanol–water partition coefficient (Wildman–Crippen LogP) is 0.0264. The quantitative estimate of drug-likeness (QED) is 0.743. The van der Waals surface area contributed by atoms with Gasteiger partial charge in [-0.25, -0.2) is 4.98 Å². The molecule has 5 heteroatoms. The van der Waals surface area contributed by atoms with Crippen LogP contribution < -0.4 is 15.0 Å². The first-order valence-corrected chi connectivity index (χ1v) is 4.82. The molecule has 1 saturated heterocycles. The van der Waals surface area contributed by atoms with Crippen LogP contribution in [0, 0.1) is 0 Å². The monoisotopic (exact) mass is 207 g/mol. The molecule has 1 aliphatic heterocycles. The van der Waals surface area contributed by atoms with E-state index in [0.717, 1.165) is 6.54 Å². The van der Waals surface area contributed by atoms with E-state index in [2.05, 4.69) is 10.3 Å². The molecule has 1 aliphatic rings. The summed E-state index contributed by atoms with van der Waals surface area (Å²) >= 11 is 0. The van der Waals surface area contributed by atoms with Crippen molar-refractivity contribution in [3.8, 4) is 5.75 Å². The summed E-state index contributed by atoms with van der Waals surface area (Å²) in [5.74, 6) is 1.43. The Hall–Kier alpha value is -1.62. The Labute approximate surface area is 88.1 Å². The van der Waals surface area contributed by atoms with Crippen molar-refractivity contribution in [3.63, 3.8) is 0 Å². The Morgan fingerprint density at radius 3 is 3.00 bits per heavy atom. The van der Waals surface area contributed by atoms with Crippen LogP contribution in [0.2, 0.25) is 0 Å². The summed E-state index contributed by atoms with van der Waals surface area (Å²) in [6.07, 6.45) is 1.62. The fraction of sp³-hybridized carbons (Fsp3) is 0.400. The molecular formula is C10H13N3O2. The molecule has 15 heavy (non-hydrogen) atoms. The van der Waals surface area contributed by atoms with Gasteiger partial charge in [0.1, 0.15) is 11.6 Å². The number of pyridine rings is 1. The number of methoxy groups -OCH3 is 1. The fourth-order valence-electron chi connectivity index (χ4n) is 1.50. The fourth-order valence-corrected chi connectivity index (χ4v) is 1.50. The molecule has 2 rings (SSSR count). The molecule has 0 aromatic carbocycles. The lowest BCUT2D eigenvalue weighted by Gasteiger charge is -2.26. The van der Waals surface area contributed by atoms with Crippen LogP contribution in [-0.2, 0) is 4.79 Å². The number of piperazine rings is 1. The minimum atomic E-state index is 0.0546. The van der Waals surface area contributed by atoms with Gasteiger partial charge in [-0.1, -0.05) is 0 Å². The van der Waals surface area contributed by atoms with Gasteiger partial charge in [0.25, 0.3) is 0 Å². The Morgan fingerprint density at radius 2 is 2.40 bits per heavy atom. The third-order valence-corrected chi connectivity index (χ3v) is 2.32. The predicted molar refractivity (Wildman–Crippen MR) is 56.0 cm³/mol. The molecule has 0 atom stereocenters. The van der Waals surface area contributed by atoms with Crippen LogP contribution in [0.15, 0.2) is 18.3 Å². The van der Waals surface area contributed by atoms with Gasteiger partial charge in [0.05, 0.1) is 19.9 Å². The van der Waals surface area contributed by atoms with Gasteiger partial charge < -0.3 is 10.1 Å². The molecule has 0 spiro atoms. The molecule has 0 saturated carbocycles. The summed E-state index contributed by atoms with van der Waals surface area (Å²) in [4.78, 5) is 17.4. The molecule has 0 radical (unpaired) electrons. The van der Waals surface area contributed by atoms with Crippen LogP contribution in [0.5, 0.6) is 5.75 Å². The van der Waals surface area contributed by atoms with Crippen LogP contribution in [0.1, 0.15) is 0 Å². The second kappa shape index (κ2) is 4.27. The SMILES string of the molecule is COc1ccc(N2CCNCC2=O)nc1. The van der Waals surface area contributed by atoms with E-state index in [1.807, 2.05) is 0 Å². The van der Waals surface area contributed by atoms with E-state index in [1.165, 1.54) is 0 Å². The van der Waals surface area contributed by atoms with Gasteiger partial charge >= 0.3 is 0 Å². The van der Waals surface area contributed by atoms with E-state index >= 15 is 0 Å². The van der Waals surface area contributed by atoms with Crippen molar-refractivity contribution in [1.82, 2.24) is 10.3 Å². The van der Waals surface area contributed by atoms with Crippen LogP contribution >= 0.6 is 0 Å². The smallest absolute Gasteiger partial charge is 0.242 e. The summed E-state index contributed by atoms with van der Waals surface area (Å²) in [5, 5.41) is 3.01. The molecule has 1 amide bonds. The molecule has 1 N–H and O–H groups in total. The molecule has 0 aliphatic carbocycles. The Balaban J connectivity index is 2.17. The number of carbonyl (C=O) groups excluding carboxylic acids is 1. The van der Waals surface area contributed by atoms with Crippen molar-refractivity contribution in [2.75, 3.05) is 31.6 Å². The topological polar surface area (TPSA) is 54.5 Å². The second-order valence-electron chi connectivity index (χ2n) is 3.28. The van der Waals surface area contributed by atoms with E-state index in [9.17, 15) is 4.79 Å². The third-order valence-electron chi connectivity index (χ3n) is 2.32. The van der Waals surface area contributed by atoms with Crippen LogP contribution in [-0.4, -0.2) is 37.6 Å². The Morgan fingerprint density at radius 1 is 1.53 bits per heavy atom. The van der Waals surface area contributed by atoms with Crippen molar-refractivity contribution in [2.45, 2.75) is 0 Å². The summed E-state index contributed by atoms with van der Waals surface area (Å²) in [5.41, 5.74) is 0. The average Bonchev–Trinajstić information content (AvgIpc) is 2.30. The standard InChI is InChI=1S/C10H13N3O2/c1-15-8-2-3-9(12-6-8)13-5-4-11-7-10(13)14/h2-3,6,11H,4-5,7H2,1H3. The number of rotatable bonds is 2. The van der Waals surface area contributed by atoms with E-state index in [1.54, 1.807) is 30.3 Å². The third kappa shape index (κ3) is 2.07. The van der Waals surface area contributed by atoms with Gasteiger partial charge in [-0.15, -0.1) is 0 Å². The molecule has 1 fully saturated rings. The molecule has 5 nitrogen and oxygen atoms in total.